The van der Waals surface area contributed by atoms with Gasteiger partial charge in [0.25, 0.3) is 0 Å². The second-order valence-corrected chi connectivity index (χ2v) is 6.21. The number of hydrogen-bond donors (Lipinski definition) is 2. The highest BCUT2D eigenvalue weighted by atomic mass is 16.2. The number of amides is 2. The predicted molar refractivity (Wildman–Crippen MR) is 94.3 cm³/mol. The second kappa shape index (κ2) is 7.29. The molecule has 1 unspecified atom stereocenters. The van der Waals surface area contributed by atoms with Gasteiger partial charge in [-0.25, -0.2) is 4.79 Å². The highest BCUT2D eigenvalue weighted by molar-refractivity contribution is 5.90. The van der Waals surface area contributed by atoms with Gasteiger partial charge < -0.3 is 10.6 Å². The minimum Gasteiger partial charge on any atom is -0.332 e. The number of allylic oxidation sites excluding steroid dienone is 1. The minimum atomic E-state index is -0.182. The monoisotopic (exact) mass is 325 g/mol. The molecule has 1 aromatic carbocycles. The molecule has 0 bridgehead atoms. The zero-order valence-corrected chi connectivity index (χ0v) is 14.1. The van der Waals surface area contributed by atoms with Crippen molar-refractivity contribution in [3.05, 3.63) is 48.1 Å². The fraction of sp³-hybridized carbons (Fsp3) is 0.389. The van der Waals surface area contributed by atoms with Crippen LogP contribution in [0.1, 0.15) is 38.2 Å². The van der Waals surface area contributed by atoms with Gasteiger partial charge in [-0.2, -0.15) is 0 Å². The van der Waals surface area contributed by atoms with Crippen LogP contribution in [0.4, 0.5) is 10.5 Å². The molecule has 1 aliphatic carbocycles. The van der Waals surface area contributed by atoms with E-state index in [2.05, 4.69) is 26.9 Å². The van der Waals surface area contributed by atoms with Gasteiger partial charge in [-0.05, 0) is 57.2 Å². The van der Waals surface area contributed by atoms with Crippen molar-refractivity contribution < 1.29 is 4.79 Å². The molecule has 0 saturated heterocycles. The van der Waals surface area contributed by atoms with E-state index in [0.717, 1.165) is 29.8 Å². The third kappa shape index (κ3) is 3.82. The maximum atomic E-state index is 12.3. The van der Waals surface area contributed by atoms with E-state index in [9.17, 15) is 4.79 Å². The van der Waals surface area contributed by atoms with Gasteiger partial charge in [-0.3, -0.25) is 4.57 Å². The highest BCUT2D eigenvalue weighted by Crippen LogP contribution is 2.21. The van der Waals surface area contributed by atoms with E-state index in [1.807, 2.05) is 32.0 Å². The Morgan fingerprint density at radius 1 is 1.25 bits per heavy atom. The molecule has 1 atom stereocenters. The molecule has 126 valence electrons. The molecule has 1 aliphatic rings. The molecule has 0 saturated carbocycles. The van der Waals surface area contributed by atoms with E-state index in [-0.39, 0.29) is 12.1 Å². The van der Waals surface area contributed by atoms with Gasteiger partial charge in [0, 0.05) is 11.7 Å². The summed E-state index contributed by atoms with van der Waals surface area (Å²) in [6.45, 7) is 4.01. The Bertz CT molecular complexity index is 736. The van der Waals surface area contributed by atoms with Crippen LogP contribution in [0.15, 0.2) is 42.5 Å². The number of aromatic nitrogens is 3. The Kier molecular flexibility index (Phi) is 4.93. The van der Waals surface area contributed by atoms with E-state index in [1.54, 1.807) is 17.2 Å². The Morgan fingerprint density at radius 3 is 2.75 bits per heavy atom. The van der Waals surface area contributed by atoms with Crippen molar-refractivity contribution in [1.29, 1.82) is 0 Å². The van der Waals surface area contributed by atoms with E-state index >= 15 is 0 Å². The average molecular weight is 325 g/mol. The zero-order chi connectivity index (χ0) is 16.9. The van der Waals surface area contributed by atoms with Crippen LogP contribution in [-0.2, 0) is 0 Å². The number of urea groups is 1. The normalized spacial score (nSPS) is 15.5. The molecule has 2 N–H and O–H groups in total. The first-order chi connectivity index (χ1) is 11.6. The Morgan fingerprint density at radius 2 is 2.04 bits per heavy atom. The standard InChI is InChI=1S/C18H23N5O/c1-13-8-9-16(23-11-19-20-12-23)10-17(13)22-18(24)21-14(2)15-6-4-3-5-7-15/h6,8-12,14H,3-5,7H2,1-2H3,(H2,21,22,24). The summed E-state index contributed by atoms with van der Waals surface area (Å²) < 4.78 is 1.80. The van der Waals surface area contributed by atoms with Crippen LogP contribution in [0.25, 0.3) is 5.69 Å². The number of anilines is 1. The van der Waals surface area contributed by atoms with Crippen molar-refractivity contribution in [3.8, 4) is 5.69 Å². The zero-order valence-electron chi connectivity index (χ0n) is 14.1. The van der Waals surface area contributed by atoms with Crippen LogP contribution in [0.5, 0.6) is 0 Å². The molecular formula is C18H23N5O. The van der Waals surface area contributed by atoms with Crippen LogP contribution in [0.3, 0.4) is 0 Å². The minimum absolute atomic E-state index is 0.0617. The number of nitrogens with one attached hydrogen (secondary N) is 2. The lowest BCUT2D eigenvalue weighted by molar-refractivity contribution is 0.250. The highest BCUT2D eigenvalue weighted by Gasteiger charge is 2.14. The van der Waals surface area contributed by atoms with Gasteiger partial charge in [0.1, 0.15) is 12.7 Å². The molecule has 0 spiro atoms. The van der Waals surface area contributed by atoms with Crippen molar-refractivity contribution in [2.45, 2.75) is 45.6 Å². The van der Waals surface area contributed by atoms with Gasteiger partial charge in [0.05, 0.1) is 5.69 Å². The predicted octanol–water partition coefficient (Wildman–Crippen LogP) is 3.59. The summed E-state index contributed by atoms with van der Waals surface area (Å²) in [6, 6.07) is 5.74. The summed E-state index contributed by atoms with van der Waals surface area (Å²) in [7, 11) is 0. The topological polar surface area (TPSA) is 71.8 Å². The maximum Gasteiger partial charge on any atom is 0.319 e. The van der Waals surface area contributed by atoms with Gasteiger partial charge >= 0.3 is 6.03 Å². The summed E-state index contributed by atoms with van der Waals surface area (Å²) in [5.41, 5.74) is 4.02. The van der Waals surface area contributed by atoms with E-state index in [4.69, 9.17) is 0 Å². The molecule has 2 aromatic rings. The van der Waals surface area contributed by atoms with Crippen LogP contribution in [0, 0.1) is 6.92 Å². The molecule has 0 aliphatic heterocycles. The number of benzene rings is 1. The summed E-state index contributed by atoms with van der Waals surface area (Å²) >= 11 is 0. The molecule has 1 aromatic heterocycles. The first kappa shape index (κ1) is 16.2. The number of nitrogens with zero attached hydrogens (tertiary/aromatic N) is 3. The molecule has 3 rings (SSSR count). The van der Waals surface area contributed by atoms with Gasteiger partial charge in [-0.1, -0.05) is 17.7 Å². The molecule has 2 amide bonds. The second-order valence-electron chi connectivity index (χ2n) is 6.21. The molecular weight excluding hydrogens is 302 g/mol. The van der Waals surface area contributed by atoms with Gasteiger partial charge in [0.15, 0.2) is 0 Å². The number of hydrogen-bond acceptors (Lipinski definition) is 3. The summed E-state index contributed by atoms with van der Waals surface area (Å²) in [5.74, 6) is 0. The molecule has 0 fully saturated rings. The number of carbonyl (C=O) groups is 1. The lowest BCUT2D eigenvalue weighted by atomic mass is 9.95. The largest absolute Gasteiger partial charge is 0.332 e. The first-order valence-corrected chi connectivity index (χ1v) is 8.35. The lowest BCUT2D eigenvalue weighted by Gasteiger charge is -2.21. The Labute approximate surface area is 142 Å². The molecule has 1 heterocycles. The fourth-order valence-electron chi connectivity index (χ4n) is 2.94. The third-order valence-corrected chi connectivity index (χ3v) is 4.42. The Balaban J connectivity index is 1.67. The summed E-state index contributed by atoms with van der Waals surface area (Å²) in [6.07, 6.45) is 10.2. The third-order valence-electron chi connectivity index (χ3n) is 4.42. The summed E-state index contributed by atoms with van der Waals surface area (Å²) in [4.78, 5) is 12.3. The molecule has 24 heavy (non-hydrogen) atoms. The molecule has 0 radical (unpaired) electrons. The van der Waals surface area contributed by atoms with E-state index < -0.39 is 0 Å². The number of rotatable bonds is 4. The maximum absolute atomic E-state index is 12.3. The van der Waals surface area contributed by atoms with Crippen molar-refractivity contribution in [2.24, 2.45) is 0 Å². The fourth-order valence-corrected chi connectivity index (χ4v) is 2.94. The van der Waals surface area contributed by atoms with Crippen molar-refractivity contribution in [3.63, 3.8) is 0 Å². The smallest absolute Gasteiger partial charge is 0.319 e. The molecule has 6 heteroatoms. The van der Waals surface area contributed by atoms with E-state index in [0.29, 0.717) is 0 Å². The van der Waals surface area contributed by atoms with Gasteiger partial charge in [0.2, 0.25) is 0 Å². The average Bonchev–Trinajstić information content (AvgIpc) is 3.12. The van der Waals surface area contributed by atoms with Crippen molar-refractivity contribution >= 4 is 11.7 Å². The number of carbonyl (C=O) groups excluding carboxylic acids is 1. The SMILES string of the molecule is Cc1ccc(-n2cnnc2)cc1NC(=O)NC(C)C1=CCCCC1. The van der Waals surface area contributed by atoms with Gasteiger partial charge in [-0.15, -0.1) is 10.2 Å². The van der Waals surface area contributed by atoms with E-state index in [1.165, 1.54) is 18.4 Å². The van der Waals surface area contributed by atoms with Crippen LogP contribution < -0.4 is 10.6 Å². The van der Waals surface area contributed by atoms with Crippen molar-refractivity contribution in [2.75, 3.05) is 5.32 Å². The molecule has 6 nitrogen and oxygen atoms in total. The van der Waals surface area contributed by atoms with Crippen LogP contribution in [-0.4, -0.2) is 26.8 Å². The van der Waals surface area contributed by atoms with Crippen LogP contribution >= 0.6 is 0 Å². The Hall–Kier alpha value is -2.63. The first-order valence-electron chi connectivity index (χ1n) is 8.35. The lowest BCUT2D eigenvalue weighted by Crippen LogP contribution is -2.37. The number of aryl methyl sites for hydroxylation is 1. The summed E-state index contributed by atoms with van der Waals surface area (Å²) in [5, 5.41) is 13.6. The van der Waals surface area contributed by atoms with Crippen molar-refractivity contribution in [1.82, 2.24) is 20.1 Å². The quantitative estimate of drug-likeness (QED) is 0.844. The van der Waals surface area contributed by atoms with Crippen LogP contribution in [0.2, 0.25) is 0 Å².